The van der Waals surface area contributed by atoms with Gasteiger partial charge in [-0.25, -0.2) is 0 Å². The number of hydrogen-bond acceptors (Lipinski definition) is 4. The van der Waals surface area contributed by atoms with E-state index in [0.717, 1.165) is 12.2 Å². The van der Waals surface area contributed by atoms with Crippen LogP contribution in [0.5, 0.6) is 5.75 Å². The molecule has 0 saturated carbocycles. The number of morpholine rings is 1. The van der Waals surface area contributed by atoms with E-state index in [1.165, 1.54) is 5.56 Å². The van der Waals surface area contributed by atoms with Crippen molar-refractivity contribution in [1.82, 2.24) is 4.90 Å². The number of anilines is 1. The van der Waals surface area contributed by atoms with E-state index in [0.29, 0.717) is 37.6 Å². The third-order valence-electron chi connectivity index (χ3n) is 5.90. The van der Waals surface area contributed by atoms with Crippen LogP contribution in [0.1, 0.15) is 63.4 Å². The zero-order chi connectivity index (χ0) is 24.8. The Morgan fingerprint density at radius 2 is 1.68 bits per heavy atom. The molecule has 1 fully saturated rings. The van der Waals surface area contributed by atoms with Gasteiger partial charge in [0.1, 0.15) is 5.75 Å². The highest BCUT2D eigenvalue weighted by Gasteiger charge is 2.27. The van der Waals surface area contributed by atoms with Gasteiger partial charge in [-0.1, -0.05) is 52.8 Å². The molecule has 6 nitrogen and oxygen atoms in total. The average Bonchev–Trinajstić information content (AvgIpc) is 2.78. The van der Waals surface area contributed by atoms with Gasteiger partial charge in [0, 0.05) is 24.3 Å². The van der Waals surface area contributed by atoms with Crippen LogP contribution in [0, 0.1) is 5.41 Å². The van der Waals surface area contributed by atoms with E-state index in [1.54, 1.807) is 29.2 Å². The Hall–Kier alpha value is -2.86. The molecular formula is C28H38N2O4. The van der Waals surface area contributed by atoms with Crippen LogP contribution in [0.25, 0.3) is 0 Å². The molecule has 0 unspecified atom stereocenters. The SMILES string of the molecule is CC(C)(C)CC(C)(C)c1ccc(OCCC(=O)Nc2cccc(C(=O)N3CCOCC3)c2)cc1. The van der Waals surface area contributed by atoms with E-state index in [1.807, 2.05) is 12.1 Å². The van der Waals surface area contributed by atoms with E-state index >= 15 is 0 Å². The second-order valence-electron chi connectivity index (χ2n) is 10.8. The second-order valence-corrected chi connectivity index (χ2v) is 10.8. The summed E-state index contributed by atoms with van der Waals surface area (Å²) in [6.07, 6.45) is 1.30. The molecule has 1 saturated heterocycles. The lowest BCUT2D eigenvalue weighted by atomic mass is 9.72. The first-order chi connectivity index (χ1) is 16.0. The first kappa shape index (κ1) is 25.8. The van der Waals surface area contributed by atoms with Gasteiger partial charge in [-0.2, -0.15) is 0 Å². The lowest BCUT2D eigenvalue weighted by molar-refractivity contribution is -0.116. The summed E-state index contributed by atoms with van der Waals surface area (Å²) in [5.74, 6) is 0.553. The van der Waals surface area contributed by atoms with E-state index in [-0.39, 0.29) is 35.7 Å². The summed E-state index contributed by atoms with van der Waals surface area (Å²) in [6, 6.07) is 15.2. The van der Waals surface area contributed by atoms with Crippen LogP contribution in [0.4, 0.5) is 5.69 Å². The van der Waals surface area contributed by atoms with Crippen molar-refractivity contribution >= 4 is 17.5 Å². The molecule has 1 heterocycles. The van der Waals surface area contributed by atoms with E-state index in [9.17, 15) is 9.59 Å². The largest absolute Gasteiger partial charge is 0.493 e. The van der Waals surface area contributed by atoms with Crippen LogP contribution in [-0.4, -0.2) is 49.6 Å². The van der Waals surface area contributed by atoms with E-state index < -0.39 is 0 Å². The molecule has 2 aromatic carbocycles. The minimum absolute atomic E-state index is 0.0446. The Morgan fingerprint density at radius 3 is 2.32 bits per heavy atom. The number of rotatable bonds is 8. The Morgan fingerprint density at radius 1 is 1.00 bits per heavy atom. The van der Waals surface area contributed by atoms with Crippen LogP contribution in [0.2, 0.25) is 0 Å². The minimum Gasteiger partial charge on any atom is -0.493 e. The van der Waals surface area contributed by atoms with Gasteiger partial charge in [0.25, 0.3) is 5.91 Å². The second kappa shape index (κ2) is 11.0. The molecule has 1 aliphatic rings. The van der Waals surface area contributed by atoms with Crippen molar-refractivity contribution in [2.75, 3.05) is 38.2 Å². The fraction of sp³-hybridized carbons (Fsp3) is 0.500. The molecule has 3 rings (SSSR count). The topological polar surface area (TPSA) is 67.9 Å². The maximum Gasteiger partial charge on any atom is 0.254 e. The highest BCUT2D eigenvalue weighted by Crippen LogP contribution is 2.36. The van der Waals surface area contributed by atoms with Gasteiger partial charge in [0.15, 0.2) is 0 Å². The van der Waals surface area contributed by atoms with E-state index in [4.69, 9.17) is 9.47 Å². The molecule has 2 aromatic rings. The lowest BCUT2D eigenvalue weighted by Gasteiger charge is -2.33. The monoisotopic (exact) mass is 466 g/mol. The Bertz CT molecular complexity index is 971. The highest BCUT2D eigenvalue weighted by atomic mass is 16.5. The molecule has 2 amide bonds. The molecule has 0 aromatic heterocycles. The molecule has 184 valence electrons. The van der Waals surface area contributed by atoms with E-state index in [2.05, 4.69) is 52.1 Å². The summed E-state index contributed by atoms with van der Waals surface area (Å²) in [5.41, 5.74) is 2.77. The Kier molecular flexibility index (Phi) is 8.37. The van der Waals surface area contributed by atoms with Crippen LogP contribution >= 0.6 is 0 Å². The molecular weight excluding hydrogens is 428 g/mol. The van der Waals surface area contributed by atoms with Crippen molar-refractivity contribution in [2.45, 2.75) is 52.9 Å². The molecule has 6 heteroatoms. The smallest absolute Gasteiger partial charge is 0.254 e. The van der Waals surface area contributed by atoms with Gasteiger partial charge in [-0.05, 0) is 53.1 Å². The number of hydrogen-bond donors (Lipinski definition) is 1. The standard InChI is InChI=1S/C28H38N2O4/c1-27(2,3)20-28(4,5)22-9-11-24(12-10-22)34-16-13-25(31)29-23-8-6-7-21(19-23)26(32)30-14-17-33-18-15-30/h6-12,19H,13-18,20H2,1-5H3,(H,29,31). The Balaban J connectivity index is 1.48. The van der Waals surface area contributed by atoms with Gasteiger partial charge >= 0.3 is 0 Å². The number of carbonyl (C=O) groups excluding carboxylic acids is 2. The van der Waals surface area contributed by atoms with Gasteiger partial charge in [-0.15, -0.1) is 0 Å². The Labute approximate surface area is 203 Å². The summed E-state index contributed by atoms with van der Waals surface area (Å²) in [6.45, 7) is 13.9. The molecule has 0 atom stereocenters. The molecule has 0 bridgehead atoms. The summed E-state index contributed by atoms with van der Waals surface area (Å²) in [7, 11) is 0. The number of ether oxygens (including phenoxy) is 2. The first-order valence-corrected chi connectivity index (χ1v) is 12.0. The maximum atomic E-state index is 12.7. The van der Waals surface area contributed by atoms with Gasteiger partial charge in [0.2, 0.25) is 5.91 Å². The summed E-state index contributed by atoms with van der Waals surface area (Å²) < 4.78 is 11.1. The molecule has 0 spiro atoms. The third kappa shape index (κ3) is 7.59. The number of nitrogens with one attached hydrogen (secondary N) is 1. The molecule has 0 aliphatic carbocycles. The fourth-order valence-corrected chi connectivity index (χ4v) is 4.59. The maximum absolute atomic E-state index is 12.7. The predicted octanol–water partition coefficient (Wildman–Crippen LogP) is 5.28. The molecule has 1 aliphatic heterocycles. The quantitative estimate of drug-likeness (QED) is 0.575. The first-order valence-electron chi connectivity index (χ1n) is 12.0. The summed E-state index contributed by atoms with van der Waals surface area (Å²) in [4.78, 5) is 26.8. The van der Waals surface area contributed by atoms with Crippen molar-refractivity contribution in [3.63, 3.8) is 0 Å². The van der Waals surface area contributed by atoms with Crippen molar-refractivity contribution in [3.05, 3.63) is 59.7 Å². The van der Waals surface area contributed by atoms with Crippen molar-refractivity contribution in [2.24, 2.45) is 5.41 Å². The number of benzene rings is 2. The normalized spacial score (nSPS) is 14.6. The average molecular weight is 467 g/mol. The van der Waals surface area contributed by atoms with Gasteiger partial charge in [-0.3, -0.25) is 9.59 Å². The van der Waals surface area contributed by atoms with Crippen LogP contribution < -0.4 is 10.1 Å². The molecule has 34 heavy (non-hydrogen) atoms. The van der Waals surface area contributed by atoms with Crippen LogP contribution in [0.15, 0.2) is 48.5 Å². The van der Waals surface area contributed by atoms with Crippen molar-refractivity contribution < 1.29 is 19.1 Å². The number of amides is 2. The fourth-order valence-electron chi connectivity index (χ4n) is 4.59. The van der Waals surface area contributed by atoms with Crippen LogP contribution in [-0.2, 0) is 14.9 Å². The lowest BCUT2D eigenvalue weighted by Crippen LogP contribution is -2.40. The van der Waals surface area contributed by atoms with Crippen molar-refractivity contribution in [1.29, 1.82) is 0 Å². The predicted molar refractivity (Wildman–Crippen MR) is 135 cm³/mol. The van der Waals surface area contributed by atoms with Crippen molar-refractivity contribution in [3.8, 4) is 5.75 Å². The van der Waals surface area contributed by atoms with Crippen LogP contribution in [0.3, 0.4) is 0 Å². The third-order valence-corrected chi connectivity index (χ3v) is 5.90. The van der Waals surface area contributed by atoms with Gasteiger partial charge < -0.3 is 19.7 Å². The zero-order valence-electron chi connectivity index (χ0n) is 21.1. The molecule has 0 radical (unpaired) electrons. The number of nitrogens with zero attached hydrogens (tertiary/aromatic N) is 1. The molecule has 1 N–H and O–H groups in total. The summed E-state index contributed by atoms with van der Waals surface area (Å²) >= 11 is 0. The minimum atomic E-state index is -0.154. The number of carbonyl (C=O) groups is 2. The zero-order valence-corrected chi connectivity index (χ0v) is 21.1. The highest BCUT2D eigenvalue weighted by molar-refractivity contribution is 5.97. The summed E-state index contributed by atoms with van der Waals surface area (Å²) in [5, 5.41) is 2.86. The van der Waals surface area contributed by atoms with Gasteiger partial charge in [0.05, 0.1) is 26.2 Å².